The number of piperidine rings is 1. The van der Waals surface area contributed by atoms with E-state index in [1.54, 1.807) is 18.5 Å². The summed E-state index contributed by atoms with van der Waals surface area (Å²) in [7, 11) is 0. The zero-order valence-corrected chi connectivity index (χ0v) is 12.6. The van der Waals surface area contributed by atoms with E-state index in [1.807, 2.05) is 4.90 Å². The molecule has 0 aliphatic carbocycles. The van der Waals surface area contributed by atoms with Gasteiger partial charge in [0.1, 0.15) is 0 Å². The number of anilines is 1. The van der Waals surface area contributed by atoms with Crippen LogP contribution in [0.5, 0.6) is 0 Å². The molecule has 0 saturated carbocycles. The summed E-state index contributed by atoms with van der Waals surface area (Å²) in [6.45, 7) is 2.52. The van der Waals surface area contributed by atoms with Crippen LogP contribution in [0.3, 0.4) is 0 Å². The molecule has 8 heteroatoms. The summed E-state index contributed by atoms with van der Waals surface area (Å²) in [6, 6.07) is 1.74. The first-order chi connectivity index (χ1) is 10.5. The highest BCUT2D eigenvalue weighted by Gasteiger charge is 2.34. The van der Waals surface area contributed by atoms with Crippen molar-refractivity contribution in [2.45, 2.75) is 25.4 Å². The minimum Gasteiger partial charge on any atom is -0.386 e. The lowest BCUT2D eigenvalue weighted by Crippen LogP contribution is -2.55. The molecule has 0 spiro atoms. The number of β-amino-alcohol motifs (C(OH)–C–C–N with tert-alkyl or cyclic N) is 1. The third kappa shape index (κ3) is 4.66. The van der Waals surface area contributed by atoms with Crippen molar-refractivity contribution in [2.75, 3.05) is 31.1 Å². The lowest BCUT2D eigenvalue weighted by atomic mass is 9.93. The van der Waals surface area contributed by atoms with E-state index in [9.17, 15) is 14.7 Å². The molecule has 0 bridgehead atoms. The van der Waals surface area contributed by atoms with Gasteiger partial charge < -0.3 is 20.6 Å². The molecule has 1 atom stereocenters. The molecule has 22 heavy (non-hydrogen) atoms. The number of nitrogens with one attached hydrogen (secondary N) is 2. The van der Waals surface area contributed by atoms with Crippen molar-refractivity contribution in [3.63, 3.8) is 0 Å². The van der Waals surface area contributed by atoms with Crippen molar-refractivity contribution < 1.29 is 14.7 Å². The van der Waals surface area contributed by atoms with Gasteiger partial charge in [0.15, 0.2) is 0 Å². The van der Waals surface area contributed by atoms with Gasteiger partial charge in [-0.15, -0.1) is 0 Å². The molecule has 8 nitrogen and oxygen atoms in total. The number of hydrogen-bond donors (Lipinski definition) is 3. The fraction of sp³-hybridized carbons (Fsp3) is 0.571. The largest absolute Gasteiger partial charge is 0.386 e. The zero-order valence-electron chi connectivity index (χ0n) is 12.6. The molecule has 0 radical (unpaired) electrons. The Morgan fingerprint density at radius 3 is 2.77 bits per heavy atom. The molecule has 2 heterocycles. The maximum atomic E-state index is 11.6. The van der Waals surface area contributed by atoms with Gasteiger partial charge in [-0.1, -0.05) is 0 Å². The number of carbonyl (C=O) groups excluding carboxylic acids is 2. The van der Waals surface area contributed by atoms with Crippen LogP contribution in [0.15, 0.2) is 18.5 Å². The molecule has 1 aliphatic heterocycles. The van der Waals surface area contributed by atoms with Gasteiger partial charge in [-0.25, -0.2) is 9.97 Å². The molecular weight excluding hydrogens is 286 g/mol. The molecule has 120 valence electrons. The van der Waals surface area contributed by atoms with E-state index in [-0.39, 0.29) is 24.9 Å². The van der Waals surface area contributed by atoms with Gasteiger partial charge >= 0.3 is 0 Å². The Morgan fingerprint density at radius 2 is 2.09 bits per heavy atom. The molecule has 1 aliphatic rings. The van der Waals surface area contributed by atoms with Gasteiger partial charge in [0.05, 0.1) is 18.7 Å². The van der Waals surface area contributed by atoms with E-state index in [4.69, 9.17) is 0 Å². The Morgan fingerprint density at radius 1 is 1.36 bits per heavy atom. The first-order valence-corrected chi connectivity index (χ1v) is 7.24. The maximum Gasteiger partial charge on any atom is 0.239 e. The second-order valence-corrected chi connectivity index (χ2v) is 5.48. The van der Waals surface area contributed by atoms with Gasteiger partial charge in [-0.3, -0.25) is 9.59 Å². The second-order valence-electron chi connectivity index (χ2n) is 5.48. The molecule has 3 N–H and O–H groups in total. The molecule has 0 aromatic carbocycles. The Labute approximate surface area is 128 Å². The predicted octanol–water partition coefficient (Wildman–Crippen LogP) is -0.940. The average molecular weight is 307 g/mol. The number of carbonyl (C=O) groups is 2. The lowest BCUT2D eigenvalue weighted by molar-refractivity contribution is -0.125. The van der Waals surface area contributed by atoms with Crippen LogP contribution >= 0.6 is 0 Å². The standard InChI is InChI=1S/C14H21N5O3/c1-11(20)17-8-12(21)18-9-14(22)4-2-7-19(10-14)13-15-5-3-6-16-13/h3,5-6,22H,2,4,7-10H2,1H3,(H,17,20)(H,18,21)/t14-/m1/s1. The summed E-state index contributed by atoms with van der Waals surface area (Å²) in [5, 5.41) is 15.7. The topological polar surface area (TPSA) is 107 Å². The molecule has 2 amide bonds. The van der Waals surface area contributed by atoms with Crippen LogP contribution < -0.4 is 15.5 Å². The number of nitrogens with zero attached hydrogens (tertiary/aromatic N) is 3. The third-order valence-corrected chi connectivity index (χ3v) is 3.50. The van der Waals surface area contributed by atoms with E-state index < -0.39 is 5.60 Å². The summed E-state index contributed by atoms with van der Waals surface area (Å²) >= 11 is 0. The maximum absolute atomic E-state index is 11.6. The van der Waals surface area contributed by atoms with E-state index in [1.165, 1.54) is 6.92 Å². The van der Waals surface area contributed by atoms with Gasteiger partial charge in [0, 0.05) is 32.4 Å². The number of rotatable bonds is 5. The Bertz CT molecular complexity index is 524. The first-order valence-electron chi connectivity index (χ1n) is 7.24. The summed E-state index contributed by atoms with van der Waals surface area (Å²) in [5.41, 5.74) is -1.02. The Balaban J connectivity index is 1.87. The van der Waals surface area contributed by atoms with Crippen molar-refractivity contribution >= 4 is 17.8 Å². The fourth-order valence-corrected chi connectivity index (χ4v) is 2.41. The third-order valence-electron chi connectivity index (χ3n) is 3.50. The van der Waals surface area contributed by atoms with Crippen molar-refractivity contribution in [2.24, 2.45) is 0 Å². The van der Waals surface area contributed by atoms with Crippen LogP contribution in [0.2, 0.25) is 0 Å². The number of hydrogen-bond acceptors (Lipinski definition) is 6. The van der Waals surface area contributed by atoms with Crippen LogP contribution in [0.4, 0.5) is 5.95 Å². The van der Waals surface area contributed by atoms with Gasteiger partial charge in [0.2, 0.25) is 17.8 Å². The molecular formula is C14H21N5O3. The number of amides is 2. The molecule has 1 saturated heterocycles. The molecule has 1 aromatic heterocycles. The minimum atomic E-state index is -1.02. The van der Waals surface area contributed by atoms with E-state index in [0.29, 0.717) is 18.9 Å². The highest BCUT2D eigenvalue weighted by molar-refractivity contribution is 5.83. The molecule has 2 rings (SSSR count). The molecule has 0 unspecified atom stereocenters. The zero-order chi connectivity index (χ0) is 16.0. The van der Waals surface area contributed by atoms with Crippen molar-refractivity contribution in [1.82, 2.24) is 20.6 Å². The van der Waals surface area contributed by atoms with Crippen LogP contribution in [0.1, 0.15) is 19.8 Å². The van der Waals surface area contributed by atoms with Crippen molar-refractivity contribution in [1.29, 1.82) is 0 Å². The summed E-state index contributed by atoms with van der Waals surface area (Å²) in [6.07, 6.45) is 4.70. The van der Waals surface area contributed by atoms with E-state index in [0.717, 1.165) is 13.0 Å². The summed E-state index contributed by atoms with van der Waals surface area (Å²) < 4.78 is 0. The second kappa shape index (κ2) is 7.17. The van der Waals surface area contributed by atoms with Crippen LogP contribution in [0, 0.1) is 0 Å². The smallest absolute Gasteiger partial charge is 0.239 e. The first kappa shape index (κ1) is 16.2. The minimum absolute atomic E-state index is 0.0864. The SMILES string of the molecule is CC(=O)NCC(=O)NC[C@]1(O)CCCN(c2ncccn2)C1. The Kier molecular flexibility index (Phi) is 5.26. The monoisotopic (exact) mass is 307 g/mol. The fourth-order valence-electron chi connectivity index (χ4n) is 2.41. The normalized spacial score (nSPS) is 21.3. The summed E-state index contributed by atoms with van der Waals surface area (Å²) in [5.74, 6) is -0.0131. The van der Waals surface area contributed by atoms with E-state index >= 15 is 0 Å². The van der Waals surface area contributed by atoms with Gasteiger partial charge in [-0.2, -0.15) is 0 Å². The van der Waals surface area contributed by atoms with E-state index in [2.05, 4.69) is 20.6 Å². The van der Waals surface area contributed by atoms with Crippen LogP contribution in [0.25, 0.3) is 0 Å². The van der Waals surface area contributed by atoms with Crippen LogP contribution in [-0.2, 0) is 9.59 Å². The quantitative estimate of drug-likeness (QED) is 0.648. The molecule has 1 aromatic rings. The predicted molar refractivity (Wildman–Crippen MR) is 80.1 cm³/mol. The van der Waals surface area contributed by atoms with Crippen molar-refractivity contribution in [3.05, 3.63) is 18.5 Å². The van der Waals surface area contributed by atoms with Gasteiger partial charge in [-0.05, 0) is 18.9 Å². The average Bonchev–Trinajstić information content (AvgIpc) is 2.52. The van der Waals surface area contributed by atoms with Crippen LogP contribution in [-0.4, -0.2) is 58.7 Å². The number of aliphatic hydroxyl groups is 1. The molecule has 1 fully saturated rings. The number of aromatic nitrogens is 2. The Hall–Kier alpha value is -2.22. The highest BCUT2D eigenvalue weighted by Crippen LogP contribution is 2.23. The van der Waals surface area contributed by atoms with Gasteiger partial charge in [0.25, 0.3) is 0 Å². The summed E-state index contributed by atoms with van der Waals surface area (Å²) in [4.78, 5) is 32.6. The lowest BCUT2D eigenvalue weighted by Gasteiger charge is -2.39. The van der Waals surface area contributed by atoms with Crippen molar-refractivity contribution in [3.8, 4) is 0 Å². The highest BCUT2D eigenvalue weighted by atomic mass is 16.3.